The minimum atomic E-state index is -1.25. The van der Waals surface area contributed by atoms with Gasteiger partial charge in [0.2, 0.25) is 6.29 Å². The molecule has 0 spiro atoms. The molecule has 2 saturated heterocycles. The first-order valence-corrected chi connectivity index (χ1v) is 11.1. The van der Waals surface area contributed by atoms with Crippen molar-refractivity contribution in [3.63, 3.8) is 0 Å². The third-order valence-electron chi connectivity index (χ3n) is 8.50. The van der Waals surface area contributed by atoms with Crippen LogP contribution in [0.4, 0.5) is 0 Å². The lowest BCUT2D eigenvalue weighted by molar-refractivity contribution is -0.211. The molecule has 0 aromatic heterocycles. The molecule has 172 valence electrons. The van der Waals surface area contributed by atoms with Crippen LogP contribution in [0.2, 0.25) is 0 Å². The molecule has 6 atom stereocenters. The number of rotatable bonds is 1. The Kier molecular flexibility index (Phi) is 4.29. The molecule has 5 aliphatic rings. The number of carbonyl (C=O) groups is 4. The molecule has 0 radical (unpaired) electrons. The van der Waals surface area contributed by atoms with Crippen molar-refractivity contribution < 1.29 is 38.5 Å². The van der Waals surface area contributed by atoms with Gasteiger partial charge < -0.3 is 19.3 Å². The molecule has 8 nitrogen and oxygen atoms in total. The minimum Gasteiger partial charge on any atom is -0.455 e. The zero-order chi connectivity index (χ0) is 23.4. The third-order valence-corrected chi connectivity index (χ3v) is 8.50. The highest BCUT2D eigenvalue weighted by Crippen LogP contribution is 2.65. The summed E-state index contributed by atoms with van der Waals surface area (Å²) in [5.41, 5.74) is -1.06. The van der Waals surface area contributed by atoms with Crippen LogP contribution in [0.3, 0.4) is 0 Å². The molecule has 5 rings (SSSR count). The van der Waals surface area contributed by atoms with Crippen LogP contribution in [0.15, 0.2) is 22.3 Å². The van der Waals surface area contributed by atoms with E-state index in [1.807, 2.05) is 0 Å². The summed E-state index contributed by atoms with van der Waals surface area (Å²) in [6.07, 6.45) is -1.63. The quantitative estimate of drug-likeness (QED) is 0.609. The van der Waals surface area contributed by atoms with Gasteiger partial charge in [0.05, 0.1) is 23.9 Å². The molecule has 0 bridgehead atoms. The predicted octanol–water partition coefficient (Wildman–Crippen LogP) is 1.79. The molecule has 0 aromatic carbocycles. The fourth-order valence-corrected chi connectivity index (χ4v) is 6.74. The van der Waals surface area contributed by atoms with Gasteiger partial charge in [-0.05, 0) is 63.3 Å². The van der Waals surface area contributed by atoms with E-state index in [1.54, 1.807) is 34.6 Å². The summed E-state index contributed by atoms with van der Waals surface area (Å²) < 4.78 is 16.8. The SMILES string of the molecule is C[C@@H]1O[C@@H]2OC(=O)[C@]3(C)CC4=C(CO)C5=C(CC(=O)[C@]4(C)[C@@H](C1=O)[C@H]23)C(C)(C)OC(=O)C5. The van der Waals surface area contributed by atoms with E-state index in [-0.39, 0.29) is 30.8 Å². The van der Waals surface area contributed by atoms with Gasteiger partial charge in [0.25, 0.3) is 0 Å². The van der Waals surface area contributed by atoms with E-state index in [2.05, 4.69) is 0 Å². The van der Waals surface area contributed by atoms with Crippen LogP contribution in [-0.2, 0) is 33.4 Å². The van der Waals surface area contributed by atoms with Crippen molar-refractivity contribution >= 4 is 23.5 Å². The van der Waals surface area contributed by atoms with Gasteiger partial charge in [0, 0.05) is 18.3 Å². The number of aliphatic hydroxyl groups is 1. The predicted molar refractivity (Wildman–Crippen MR) is 109 cm³/mol. The fourth-order valence-electron chi connectivity index (χ4n) is 6.74. The van der Waals surface area contributed by atoms with Crippen LogP contribution in [0.25, 0.3) is 0 Å². The number of Topliss-reactive ketones (excluding diaryl/α,β-unsaturated/α-hetero) is 2. The lowest BCUT2D eigenvalue weighted by atomic mass is 9.48. The van der Waals surface area contributed by atoms with E-state index in [0.717, 1.165) is 0 Å². The van der Waals surface area contributed by atoms with Gasteiger partial charge in [-0.2, -0.15) is 0 Å². The van der Waals surface area contributed by atoms with Crippen LogP contribution in [0.5, 0.6) is 0 Å². The molecular weight excluding hydrogens is 416 g/mol. The summed E-state index contributed by atoms with van der Waals surface area (Å²) in [7, 11) is 0. The van der Waals surface area contributed by atoms with E-state index < -0.39 is 59.2 Å². The van der Waals surface area contributed by atoms with E-state index in [4.69, 9.17) is 14.2 Å². The first kappa shape index (κ1) is 21.5. The number of ketones is 2. The number of ether oxygens (including phenoxy) is 3. The van der Waals surface area contributed by atoms with Crippen molar-refractivity contribution in [2.24, 2.45) is 22.7 Å². The molecular formula is C24H28O8. The Morgan fingerprint density at radius 2 is 1.72 bits per heavy atom. The van der Waals surface area contributed by atoms with Gasteiger partial charge in [-0.3, -0.25) is 19.2 Å². The maximum Gasteiger partial charge on any atom is 0.314 e. The van der Waals surface area contributed by atoms with Crippen molar-refractivity contribution in [3.05, 3.63) is 22.3 Å². The number of allylic oxidation sites excluding steroid dienone is 1. The molecule has 0 aromatic rings. The van der Waals surface area contributed by atoms with E-state index in [9.17, 15) is 24.3 Å². The lowest BCUT2D eigenvalue weighted by Crippen LogP contribution is -2.61. The second kappa shape index (κ2) is 6.38. The summed E-state index contributed by atoms with van der Waals surface area (Å²) in [5.74, 6) is -2.76. The van der Waals surface area contributed by atoms with Gasteiger partial charge in [0.15, 0.2) is 5.78 Å². The first-order valence-electron chi connectivity index (χ1n) is 11.1. The molecule has 0 amide bonds. The highest BCUT2D eigenvalue weighted by Gasteiger charge is 2.71. The highest BCUT2D eigenvalue weighted by atomic mass is 16.7. The second-order valence-electron chi connectivity index (χ2n) is 10.6. The number of esters is 2. The van der Waals surface area contributed by atoms with Crippen LogP contribution in [0.1, 0.15) is 53.9 Å². The van der Waals surface area contributed by atoms with Crippen molar-refractivity contribution in [1.29, 1.82) is 0 Å². The summed E-state index contributed by atoms with van der Waals surface area (Å²) in [6, 6.07) is 0. The maximum atomic E-state index is 14.0. The maximum absolute atomic E-state index is 14.0. The van der Waals surface area contributed by atoms with Gasteiger partial charge in [-0.15, -0.1) is 0 Å². The van der Waals surface area contributed by atoms with Crippen LogP contribution < -0.4 is 0 Å². The molecule has 3 aliphatic heterocycles. The average molecular weight is 444 g/mol. The van der Waals surface area contributed by atoms with E-state index in [1.165, 1.54) is 0 Å². The van der Waals surface area contributed by atoms with Crippen molar-refractivity contribution in [2.75, 3.05) is 6.61 Å². The topological polar surface area (TPSA) is 116 Å². The Morgan fingerprint density at radius 1 is 1.03 bits per heavy atom. The normalized spacial score (nSPS) is 42.7. The number of carbonyl (C=O) groups excluding carboxylic acids is 4. The highest BCUT2D eigenvalue weighted by molar-refractivity contribution is 6.01. The molecule has 3 fully saturated rings. The van der Waals surface area contributed by atoms with Gasteiger partial charge in [0.1, 0.15) is 17.5 Å². The largest absolute Gasteiger partial charge is 0.455 e. The molecule has 3 heterocycles. The van der Waals surface area contributed by atoms with Crippen molar-refractivity contribution in [2.45, 2.75) is 71.9 Å². The Hall–Kier alpha value is -2.32. The fraction of sp³-hybridized carbons (Fsp3) is 0.667. The Labute approximate surface area is 186 Å². The molecule has 2 aliphatic carbocycles. The third kappa shape index (κ3) is 2.45. The molecule has 1 saturated carbocycles. The number of fused-ring (bicyclic) bond motifs is 2. The number of cyclic esters (lactones) is 1. The van der Waals surface area contributed by atoms with Gasteiger partial charge in [-0.25, -0.2) is 0 Å². The Morgan fingerprint density at radius 3 is 2.38 bits per heavy atom. The van der Waals surface area contributed by atoms with Crippen LogP contribution in [-0.4, -0.2) is 53.2 Å². The molecule has 8 heteroatoms. The monoisotopic (exact) mass is 444 g/mol. The summed E-state index contributed by atoms with van der Waals surface area (Å²) in [4.78, 5) is 52.9. The molecule has 32 heavy (non-hydrogen) atoms. The van der Waals surface area contributed by atoms with Crippen molar-refractivity contribution in [3.8, 4) is 0 Å². The zero-order valence-corrected chi connectivity index (χ0v) is 18.9. The van der Waals surface area contributed by atoms with Gasteiger partial charge in [-0.1, -0.05) is 0 Å². The molecule has 0 unspecified atom stereocenters. The van der Waals surface area contributed by atoms with Gasteiger partial charge >= 0.3 is 11.9 Å². The van der Waals surface area contributed by atoms with E-state index >= 15 is 0 Å². The Bertz CT molecular complexity index is 1050. The summed E-state index contributed by atoms with van der Waals surface area (Å²) in [5, 5.41) is 10.5. The summed E-state index contributed by atoms with van der Waals surface area (Å²) in [6.45, 7) is 8.14. The average Bonchev–Trinajstić information content (AvgIpc) is 2.88. The van der Waals surface area contributed by atoms with E-state index in [0.29, 0.717) is 22.3 Å². The number of aliphatic hydroxyl groups excluding tert-OH is 1. The van der Waals surface area contributed by atoms with Crippen molar-refractivity contribution in [1.82, 2.24) is 0 Å². The zero-order valence-electron chi connectivity index (χ0n) is 18.9. The van der Waals surface area contributed by atoms with Crippen LogP contribution >= 0.6 is 0 Å². The second-order valence-corrected chi connectivity index (χ2v) is 10.6. The standard InChI is InChI=1S/C24H28O8/c1-10-19(28)17-18-20(30-10)31-21(29)23(18,4)8-14-12(9-25)11-6-16(27)32-22(2,3)13(11)7-15(26)24(14,17)5/h10,17-18,20,25H,6-9H2,1-5H3/t10-,17+,18+,20+,23+,24+/m0/s1. The molecule has 1 N–H and O–H groups in total. The lowest BCUT2D eigenvalue weighted by Gasteiger charge is -2.53. The van der Waals surface area contributed by atoms with Crippen LogP contribution in [0, 0.1) is 22.7 Å². The smallest absolute Gasteiger partial charge is 0.314 e. The first-order chi connectivity index (χ1) is 14.9. The summed E-state index contributed by atoms with van der Waals surface area (Å²) >= 11 is 0. The minimum absolute atomic E-state index is 0.00103. The Balaban J connectivity index is 1.81. The number of hydrogen-bond donors (Lipinski definition) is 1. The number of hydrogen-bond acceptors (Lipinski definition) is 8.